The Hall–Kier alpha value is -2.17. The fourth-order valence-corrected chi connectivity index (χ4v) is 2.91. The Balaban J connectivity index is 1.95. The molecule has 2 aromatic carbocycles. The van der Waals surface area contributed by atoms with Gasteiger partial charge in [0, 0.05) is 12.8 Å². The number of oxime groups is 1. The highest BCUT2D eigenvalue weighted by Crippen LogP contribution is 2.38. The second-order valence-electron chi connectivity index (χ2n) is 5.31. The van der Waals surface area contributed by atoms with Gasteiger partial charge in [0.05, 0.1) is 17.8 Å². The molecule has 2 N–H and O–H groups in total. The molecule has 1 heterocycles. The van der Waals surface area contributed by atoms with Crippen molar-refractivity contribution in [2.75, 3.05) is 0 Å². The Morgan fingerprint density at radius 2 is 1.24 bits per heavy atom. The Morgan fingerprint density at radius 3 is 1.62 bits per heavy atom. The molecule has 0 spiro atoms. The van der Waals surface area contributed by atoms with Gasteiger partial charge in [0.1, 0.15) is 0 Å². The molecule has 2 unspecified atom stereocenters. The lowest BCUT2D eigenvalue weighted by Gasteiger charge is -2.38. The molecule has 0 aromatic heterocycles. The predicted molar refractivity (Wildman–Crippen MR) is 80.4 cm³/mol. The summed E-state index contributed by atoms with van der Waals surface area (Å²) >= 11 is 0. The second kappa shape index (κ2) is 6.08. The van der Waals surface area contributed by atoms with E-state index >= 15 is 0 Å². The highest BCUT2D eigenvalue weighted by atomic mass is 16.5. The van der Waals surface area contributed by atoms with Crippen LogP contribution in [0.2, 0.25) is 0 Å². The lowest BCUT2D eigenvalue weighted by Crippen LogP contribution is -2.37. The van der Waals surface area contributed by atoms with E-state index in [9.17, 15) is 10.4 Å². The molecule has 1 aliphatic rings. The van der Waals surface area contributed by atoms with Crippen molar-refractivity contribution in [1.29, 1.82) is 0 Å². The third kappa shape index (κ3) is 2.82. The number of rotatable bonds is 2. The molecule has 1 saturated heterocycles. The number of hydroxylamine groups is 2. The van der Waals surface area contributed by atoms with Gasteiger partial charge >= 0.3 is 0 Å². The maximum absolute atomic E-state index is 10.6. The smallest absolute Gasteiger partial charge is 0.0660 e. The summed E-state index contributed by atoms with van der Waals surface area (Å²) in [5, 5.41) is 24.6. The van der Waals surface area contributed by atoms with Crippen molar-refractivity contribution >= 4 is 5.71 Å². The lowest BCUT2D eigenvalue weighted by molar-refractivity contribution is -0.167. The molecular formula is C17H18N2O2. The van der Waals surface area contributed by atoms with Gasteiger partial charge in [-0.1, -0.05) is 65.8 Å². The van der Waals surface area contributed by atoms with Crippen molar-refractivity contribution in [2.24, 2.45) is 5.16 Å². The Morgan fingerprint density at radius 1 is 0.810 bits per heavy atom. The largest absolute Gasteiger partial charge is 0.411 e. The normalized spacial score (nSPS) is 23.0. The van der Waals surface area contributed by atoms with Crippen LogP contribution in [0, 0.1) is 0 Å². The molecule has 21 heavy (non-hydrogen) atoms. The monoisotopic (exact) mass is 282 g/mol. The summed E-state index contributed by atoms with van der Waals surface area (Å²) in [5.74, 6) is 0. The zero-order valence-corrected chi connectivity index (χ0v) is 11.6. The Kier molecular flexibility index (Phi) is 3.99. The molecule has 4 heteroatoms. The minimum absolute atomic E-state index is 0.198. The summed E-state index contributed by atoms with van der Waals surface area (Å²) in [6.07, 6.45) is 1.06. The fourth-order valence-electron chi connectivity index (χ4n) is 2.91. The van der Waals surface area contributed by atoms with Crippen LogP contribution in [0.25, 0.3) is 0 Å². The minimum atomic E-state index is -0.198. The first-order valence-corrected chi connectivity index (χ1v) is 7.06. The first kappa shape index (κ1) is 13.8. The number of hydrogen-bond donors (Lipinski definition) is 2. The fraction of sp³-hybridized carbons (Fsp3) is 0.235. The van der Waals surface area contributed by atoms with E-state index in [1.165, 1.54) is 5.06 Å². The zero-order chi connectivity index (χ0) is 14.7. The van der Waals surface area contributed by atoms with Crippen molar-refractivity contribution in [1.82, 2.24) is 5.06 Å². The van der Waals surface area contributed by atoms with E-state index < -0.39 is 0 Å². The van der Waals surface area contributed by atoms with E-state index in [1.807, 2.05) is 60.7 Å². The summed E-state index contributed by atoms with van der Waals surface area (Å²) in [4.78, 5) is 0. The third-order valence-electron chi connectivity index (χ3n) is 4.01. The van der Waals surface area contributed by atoms with E-state index in [1.54, 1.807) is 0 Å². The van der Waals surface area contributed by atoms with Gasteiger partial charge < -0.3 is 10.4 Å². The van der Waals surface area contributed by atoms with Crippen molar-refractivity contribution in [2.45, 2.75) is 24.9 Å². The maximum Gasteiger partial charge on any atom is 0.0660 e. The van der Waals surface area contributed by atoms with Crippen molar-refractivity contribution < 1.29 is 10.4 Å². The summed E-state index contributed by atoms with van der Waals surface area (Å²) in [6.45, 7) is 0. The Labute approximate surface area is 123 Å². The summed E-state index contributed by atoms with van der Waals surface area (Å²) in [7, 11) is 0. The molecule has 2 atom stereocenters. The van der Waals surface area contributed by atoms with Crippen LogP contribution in [0.5, 0.6) is 0 Å². The van der Waals surface area contributed by atoms with Crippen LogP contribution in [-0.2, 0) is 0 Å². The van der Waals surface area contributed by atoms with E-state index in [2.05, 4.69) is 5.16 Å². The van der Waals surface area contributed by atoms with Crippen LogP contribution in [0.3, 0.4) is 0 Å². The van der Waals surface area contributed by atoms with Crippen LogP contribution in [-0.4, -0.2) is 21.2 Å². The van der Waals surface area contributed by atoms with Crippen LogP contribution in [0.1, 0.15) is 36.1 Å². The van der Waals surface area contributed by atoms with Gasteiger partial charge in [-0.25, -0.2) is 0 Å². The van der Waals surface area contributed by atoms with Crippen molar-refractivity contribution in [3.8, 4) is 0 Å². The highest BCUT2D eigenvalue weighted by molar-refractivity contribution is 5.86. The summed E-state index contributed by atoms with van der Waals surface area (Å²) < 4.78 is 0. The molecule has 0 aliphatic carbocycles. The van der Waals surface area contributed by atoms with E-state index in [0.29, 0.717) is 18.6 Å². The first-order valence-electron chi connectivity index (χ1n) is 7.06. The van der Waals surface area contributed by atoms with Crippen molar-refractivity contribution in [3.05, 3.63) is 71.8 Å². The lowest BCUT2D eigenvalue weighted by atomic mass is 9.88. The molecule has 0 amide bonds. The molecule has 108 valence electrons. The summed E-state index contributed by atoms with van der Waals surface area (Å²) in [6, 6.07) is 19.2. The molecule has 0 bridgehead atoms. The molecule has 2 aromatic rings. The molecule has 0 saturated carbocycles. The van der Waals surface area contributed by atoms with Gasteiger partial charge in [-0.05, 0) is 11.1 Å². The van der Waals surface area contributed by atoms with Gasteiger partial charge in [-0.3, -0.25) is 0 Å². The van der Waals surface area contributed by atoms with E-state index in [-0.39, 0.29) is 12.1 Å². The first-order chi connectivity index (χ1) is 10.3. The maximum atomic E-state index is 10.6. The van der Waals surface area contributed by atoms with Gasteiger partial charge in [-0.2, -0.15) is 5.06 Å². The molecular weight excluding hydrogens is 264 g/mol. The van der Waals surface area contributed by atoms with Crippen LogP contribution < -0.4 is 0 Å². The SMILES string of the molecule is ON=C1CC(c2ccccc2)N(O)C(c2ccccc2)C1. The number of benzene rings is 2. The van der Waals surface area contributed by atoms with Crippen LogP contribution >= 0.6 is 0 Å². The van der Waals surface area contributed by atoms with Crippen molar-refractivity contribution in [3.63, 3.8) is 0 Å². The van der Waals surface area contributed by atoms with Crippen LogP contribution in [0.15, 0.2) is 65.8 Å². The zero-order valence-electron chi connectivity index (χ0n) is 11.6. The molecule has 1 aliphatic heterocycles. The third-order valence-corrected chi connectivity index (χ3v) is 4.01. The van der Waals surface area contributed by atoms with E-state index in [4.69, 9.17) is 0 Å². The van der Waals surface area contributed by atoms with Crippen LogP contribution in [0.4, 0.5) is 0 Å². The predicted octanol–water partition coefficient (Wildman–Crippen LogP) is 3.78. The van der Waals surface area contributed by atoms with Gasteiger partial charge in [0.2, 0.25) is 0 Å². The number of hydrogen-bond acceptors (Lipinski definition) is 4. The van der Waals surface area contributed by atoms with E-state index in [0.717, 1.165) is 11.1 Å². The quantitative estimate of drug-likeness (QED) is 0.651. The second-order valence-corrected chi connectivity index (χ2v) is 5.31. The molecule has 1 fully saturated rings. The van der Waals surface area contributed by atoms with Gasteiger partial charge in [-0.15, -0.1) is 0 Å². The number of nitrogens with zero attached hydrogens (tertiary/aromatic N) is 2. The van der Waals surface area contributed by atoms with Gasteiger partial charge in [0.25, 0.3) is 0 Å². The molecule has 3 rings (SSSR count). The standard InChI is InChI=1S/C17H18N2O2/c20-18-15-11-16(13-7-3-1-4-8-13)19(21)17(12-15)14-9-5-2-6-10-14/h1-10,16-17,20-21H,11-12H2. The minimum Gasteiger partial charge on any atom is -0.411 e. The average molecular weight is 282 g/mol. The Bertz CT molecular complexity index is 562. The van der Waals surface area contributed by atoms with Gasteiger partial charge in [0.15, 0.2) is 0 Å². The molecule has 4 nitrogen and oxygen atoms in total. The summed E-state index contributed by atoms with van der Waals surface area (Å²) in [5.41, 5.74) is 2.74. The number of piperidine rings is 1. The molecule has 0 radical (unpaired) electrons. The topological polar surface area (TPSA) is 56.1 Å². The average Bonchev–Trinajstić information content (AvgIpc) is 2.57. The highest BCUT2D eigenvalue weighted by Gasteiger charge is 2.34.